The van der Waals surface area contributed by atoms with Crippen LogP contribution in [-0.2, 0) is 9.59 Å². The van der Waals surface area contributed by atoms with Crippen LogP contribution in [0, 0.1) is 0 Å². The molecule has 2 aromatic carbocycles. The van der Waals surface area contributed by atoms with Crippen LogP contribution >= 0.6 is 23.2 Å². The Labute approximate surface area is 154 Å². The standard InChI is InChI=1S/C17H14Cl2N2O4/c18-10-1-3-13(12(19)7-10)21-17(23)9-16(22)20-11-2-4-14-15(8-11)25-6-5-24-14/h1-4,7-8H,5-6,9H2,(H,20,22)(H,21,23). The second-order valence-corrected chi connectivity index (χ2v) is 6.10. The van der Waals surface area contributed by atoms with Gasteiger partial charge in [-0.3, -0.25) is 9.59 Å². The van der Waals surface area contributed by atoms with Gasteiger partial charge in [-0.05, 0) is 30.3 Å². The van der Waals surface area contributed by atoms with Gasteiger partial charge in [0.1, 0.15) is 19.6 Å². The molecule has 0 saturated heterocycles. The summed E-state index contributed by atoms with van der Waals surface area (Å²) in [6.45, 7) is 0.945. The zero-order chi connectivity index (χ0) is 17.8. The topological polar surface area (TPSA) is 76.7 Å². The summed E-state index contributed by atoms with van der Waals surface area (Å²) >= 11 is 11.8. The van der Waals surface area contributed by atoms with Gasteiger partial charge in [-0.15, -0.1) is 0 Å². The summed E-state index contributed by atoms with van der Waals surface area (Å²) < 4.78 is 10.9. The number of benzene rings is 2. The maximum atomic E-state index is 12.0. The monoisotopic (exact) mass is 380 g/mol. The van der Waals surface area contributed by atoms with E-state index in [4.69, 9.17) is 32.7 Å². The number of amides is 2. The molecule has 0 aromatic heterocycles. The van der Waals surface area contributed by atoms with Crippen molar-refractivity contribution in [3.8, 4) is 11.5 Å². The van der Waals surface area contributed by atoms with Gasteiger partial charge in [0.25, 0.3) is 0 Å². The molecule has 1 aliphatic rings. The molecule has 0 bridgehead atoms. The van der Waals surface area contributed by atoms with Crippen LogP contribution in [0.3, 0.4) is 0 Å². The zero-order valence-corrected chi connectivity index (χ0v) is 14.5. The lowest BCUT2D eigenvalue weighted by atomic mass is 10.2. The number of ether oxygens (including phenoxy) is 2. The highest BCUT2D eigenvalue weighted by Gasteiger charge is 2.15. The SMILES string of the molecule is O=C(CC(=O)Nc1ccc(Cl)cc1Cl)Nc1ccc2c(c1)OCCO2. The quantitative estimate of drug-likeness (QED) is 0.792. The fourth-order valence-electron chi connectivity index (χ4n) is 2.26. The van der Waals surface area contributed by atoms with Gasteiger partial charge in [0, 0.05) is 16.8 Å². The van der Waals surface area contributed by atoms with Crippen LogP contribution < -0.4 is 20.1 Å². The number of hydrogen-bond acceptors (Lipinski definition) is 4. The Kier molecular flexibility index (Phi) is 5.31. The number of carbonyl (C=O) groups is 2. The minimum Gasteiger partial charge on any atom is -0.486 e. The molecule has 0 spiro atoms. The number of fused-ring (bicyclic) bond motifs is 1. The van der Waals surface area contributed by atoms with E-state index in [1.165, 1.54) is 6.07 Å². The molecule has 2 N–H and O–H groups in total. The lowest BCUT2D eigenvalue weighted by Crippen LogP contribution is -2.22. The molecule has 6 nitrogen and oxygen atoms in total. The molecule has 8 heteroatoms. The van der Waals surface area contributed by atoms with Crippen molar-refractivity contribution >= 4 is 46.4 Å². The molecule has 0 saturated carbocycles. The third-order valence-corrected chi connectivity index (χ3v) is 3.90. The predicted octanol–water partition coefficient (Wildman–Crippen LogP) is 3.73. The average molecular weight is 381 g/mol. The van der Waals surface area contributed by atoms with E-state index in [0.29, 0.717) is 46.1 Å². The molecule has 0 radical (unpaired) electrons. The molecular formula is C17H14Cl2N2O4. The van der Waals surface area contributed by atoms with Crippen molar-refractivity contribution in [3.05, 3.63) is 46.4 Å². The molecule has 0 fully saturated rings. The highest BCUT2D eigenvalue weighted by molar-refractivity contribution is 6.36. The van der Waals surface area contributed by atoms with E-state index < -0.39 is 11.8 Å². The Hall–Kier alpha value is -2.44. The van der Waals surface area contributed by atoms with Gasteiger partial charge in [0.15, 0.2) is 11.5 Å². The van der Waals surface area contributed by atoms with Gasteiger partial charge in [-0.25, -0.2) is 0 Å². The minimum absolute atomic E-state index is 0.299. The van der Waals surface area contributed by atoms with Crippen LogP contribution in [0.5, 0.6) is 11.5 Å². The normalized spacial score (nSPS) is 12.4. The van der Waals surface area contributed by atoms with Gasteiger partial charge in [0.05, 0.1) is 10.7 Å². The number of rotatable bonds is 4. The summed E-state index contributed by atoms with van der Waals surface area (Å²) in [6.07, 6.45) is -0.354. The van der Waals surface area contributed by atoms with Crippen LogP contribution in [0.25, 0.3) is 0 Å². The van der Waals surface area contributed by atoms with Gasteiger partial charge in [0.2, 0.25) is 11.8 Å². The fourth-order valence-corrected chi connectivity index (χ4v) is 2.71. The predicted molar refractivity (Wildman–Crippen MR) is 95.8 cm³/mol. The Morgan fingerprint density at radius 3 is 2.40 bits per heavy atom. The molecule has 130 valence electrons. The van der Waals surface area contributed by atoms with Gasteiger partial charge < -0.3 is 20.1 Å². The average Bonchev–Trinajstić information content (AvgIpc) is 2.57. The first-order chi connectivity index (χ1) is 12.0. The summed E-state index contributed by atoms with van der Waals surface area (Å²) in [5.41, 5.74) is 0.912. The molecular weight excluding hydrogens is 367 g/mol. The molecule has 0 aliphatic carbocycles. The second-order valence-electron chi connectivity index (χ2n) is 5.26. The van der Waals surface area contributed by atoms with E-state index in [-0.39, 0.29) is 6.42 Å². The number of carbonyl (C=O) groups excluding carboxylic acids is 2. The number of hydrogen-bond donors (Lipinski definition) is 2. The van der Waals surface area contributed by atoms with Crippen molar-refractivity contribution in [2.75, 3.05) is 23.8 Å². The summed E-state index contributed by atoms with van der Waals surface area (Å²) in [5.74, 6) is 0.236. The van der Waals surface area contributed by atoms with E-state index >= 15 is 0 Å². The lowest BCUT2D eigenvalue weighted by Gasteiger charge is -2.19. The first-order valence-corrected chi connectivity index (χ1v) is 8.21. The van der Waals surface area contributed by atoms with E-state index in [9.17, 15) is 9.59 Å². The highest BCUT2D eigenvalue weighted by atomic mass is 35.5. The van der Waals surface area contributed by atoms with Crippen molar-refractivity contribution < 1.29 is 19.1 Å². The van der Waals surface area contributed by atoms with E-state index in [1.54, 1.807) is 30.3 Å². The van der Waals surface area contributed by atoms with Crippen molar-refractivity contribution in [2.24, 2.45) is 0 Å². The number of halogens is 2. The largest absolute Gasteiger partial charge is 0.486 e. The van der Waals surface area contributed by atoms with Crippen LogP contribution in [-0.4, -0.2) is 25.0 Å². The summed E-state index contributed by atoms with van der Waals surface area (Å²) in [5, 5.41) is 5.97. The highest BCUT2D eigenvalue weighted by Crippen LogP contribution is 2.32. The summed E-state index contributed by atoms with van der Waals surface area (Å²) in [4.78, 5) is 24.0. The Morgan fingerprint density at radius 1 is 0.920 bits per heavy atom. The fraction of sp³-hybridized carbons (Fsp3) is 0.176. The van der Waals surface area contributed by atoms with Gasteiger partial charge >= 0.3 is 0 Å². The van der Waals surface area contributed by atoms with Crippen molar-refractivity contribution in [2.45, 2.75) is 6.42 Å². The smallest absolute Gasteiger partial charge is 0.233 e. The molecule has 0 atom stereocenters. The molecule has 0 unspecified atom stereocenters. The Bertz CT molecular complexity index is 826. The first kappa shape index (κ1) is 17.4. The van der Waals surface area contributed by atoms with Gasteiger partial charge in [-0.1, -0.05) is 23.2 Å². The van der Waals surface area contributed by atoms with Gasteiger partial charge in [-0.2, -0.15) is 0 Å². The minimum atomic E-state index is -0.487. The first-order valence-electron chi connectivity index (χ1n) is 7.45. The molecule has 2 amide bonds. The van der Waals surface area contributed by atoms with E-state index in [2.05, 4.69) is 10.6 Å². The summed E-state index contributed by atoms with van der Waals surface area (Å²) in [6, 6.07) is 9.71. The molecule has 1 heterocycles. The van der Waals surface area contributed by atoms with Crippen LogP contribution in [0.15, 0.2) is 36.4 Å². The Balaban J connectivity index is 1.57. The van der Waals surface area contributed by atoms with Crippen molar-refractivity contribution in [1.29, 1.82) is 0 Å². The third kappa shape index (κ3) is 4.55. The third-order valence-electron chi connectivity index (χ3n) is 3.35. The van der Waals surface area contributed by atoms with E-state index in [0.717, 1.165) is 0 Å². The molecule has 2 aromatic rings. The second kappa shape index (κ2) is 7.63. The molecule has 25 heavy (non-hydrogen) atoms. The van der Waals surface area contributed by atoms with Crippen LogP contribution in [0.2, 0.25) is 10.0 Å². The Morgan fingerprint density at radius 2 is 1.64 bits per heavy atom. The lowest BCUT2D eigenvalue weighted by molar-refractivity contribution is -0.123. The summed E-state index contributed by atoms with van der Waals surface area (Å²) in [7, 11) is 0. The number of nitrogens with one attached hydrogen (secondary N) is 2. The van der Waals surface area contributed by atoms with Crippen molar-refractivity contribution in [1.82, 2.24) is 0 Å². The molecule has 1 aliphatic heterocycles. The van der Waals surface area contributed by atoms with E-state index in [1.807, 2.05) is 0 Å². The van der Waals surface area contributed by atoms with Crippen molar-refractivity contribution in [3.63, 3.8) is 0 Å². The van der Waals surface area contributed by atoms with Crippen LogP contribution in [0.1, 0.15) is 6.42 Å². The van der Waals surface area contributed by atoms with Crippen LogP contribution in [0.4, 0.5) is 11.4 Å². The molecule has 3 rings (SSSR count). The maximum absolute atomic E-state index is 12.0. The zero-order valence-electron chi connectivity index (χ0n) is 13.0. The number of anilines is 2. The maximum Gasteiger partial charge on any atom is 0.233 e.